The second-order valence-corrected chi connectivity index (χ2v) is 4.47. The molecule has 1 aromatic carbocycles. The van der Waals surface area contributed by atoms with Gasteiger partial charge in [0.1, 0.15) is 0 Å². The van der Waals surface area contributed by atoms with Gasteiger partial charge in [0, 0.05) is 18.2 Å². The number of urea groups is 1. The maximum atomic E-state index is 12.1. The molecule has 100 valence electrons. The van der Waals surface area contributed by atoms with Crippen molar-refractivity contribution in [2.24, 2.45) is 5.92 Å². The van der Waals surface area contributed by atoms with Crippen LogP contribution >= 0.6 is 0 Å². The van der Waals surface area contributed by atoms with Crippen molar-refractivity contribution in [3.05, 3.63) is 34.4 Å². The molecular formula is C12H13N3O4. The Morgan fingerprint density at radius 2 is 1.79 bits per heavy atom. The minimum Gasteiger partial charge on any atom is -0.334 e. The van der Waals surface area contributed by atoms with E-state index in [0.29, 0.717) is 5.69 Å². The first-order chi connectivity index (χ1) is 8.91. The maximum absolute atomic E-state index is 12.1. The van der Waals surface area contributed by atoms with Crippen molar-refractivity contribution < 1.29 is 14.5 Å². The van der Waals surface area contributed by atoms with E-state index in [0.717, 1.165) is 4.90 Å². The first-order valence-corrected chi connectivity index (χ1v) is 5.80. The van der Waals surface area contributed by atoms with Gasteiger partial charge >= 0.3 is 6.03 Å². The van der Waals surface area contributed by atoms with Gasteiger partial charge in [0.2, 0.25) is 5.91 Å². The Balaban J connectivity index is 2.32. The Bertz CT molecular complexity index is 540. The third-order valence-electron chi connectivity index (χ3n) is 3.23. The second-order valence-electron chi connectivity index (χ2n) is 4.47. The number of carbonyl (C=O) groups is 2. The predicted octanol–water partition coefficient (Wildman–Crippen LogP) is 1.68. The summed E-state index contributed by atoms with van der Waals surface area (Å²) in [5.41, 5.74) is 0.238. The van der Waals surface area contributed by atoms with Gasteiger partial charge in [0.15, 0.2) is 0 Å². The molecule has 2 atom stereocenters. The minimum absolute atomic E-state index is 0.0879. The van der Waals surface area contributed by atoms with Crippen LogP contribution in [0.3, 0.4) is 0 Å². The highest BCUT2D eigenvalue weighted by molar-refractivity contribution is 6.16. The van der Waals surface area contributed by atoms with Crippen LogP contribution in [0.15, 0.2) is 24.3 Å². The zero-order chi connectivity index (χ0) is 14.2. The number of rotatable bonds is 2. The molecule has 1 heterocycles. The Morgan fingerprint density at radius 1 is 1.21 bits per heavy atom. The van der Waals surface area contributed by atoms with E-state index in [1.54, 1.807) is 13.8 Å². The van der Waals surface area contributed by atoms with Crippen LogP contribution in [0.25, 0.3) is 0 Å². The molecule has 0 aromatic heterocycles. The monoisotopic (exact) mass is 263 g/mol. The lowest BCUT2D eigenvalue weighted by atomic mass is 9.99. The lowest BCUT2D eigenvalue weighted by Crippen LogP contribution is -2.58. The SMILES string of the molecule is CC1NC(=O)N(c2ccc([N+](=O)[O-])cc2)C(=O)C1C. The molecule has 2 rings (SSSR count). The summed E-state index contributed by atoms with van der Waals surface area (Å²) in [4.78, 5) is 35.0. The number of hydrogen-bond acceptors (Lipinski definition) is 4. The molecule has 0 spiro atoms. The van der Waals surface area contributed by atoms with Crippen molar-refractivity contribution >= 4 is 23.3 Å². The van der Waals surface area contributed by atoms with Crippen LogP contribution in [0.1, 0.15) is 13.8 Å². The number of non-ortho nitro benzene ring substituents is 1. The number of anilines is 1. The summed E-state index contributed by atoms with van der Waals surface area (Å²) < 4.78 is 0. The molecular weight excluding hydrogens is 250 g/mol. The highest BCUT2D eigenvalue weighted by atomic mass is 16.6. The Kier molecular flexibility index (Phi) is 3.20. The van der Waals surface area contributed by atoms with E-state index in [2.05, 4.69) is 5.32 Å². The molecule has 1 saturated heterocycles. The number of hydrogen-bond donors (Lipinski definition) is 1. The Labute approximate surface area is 109 Å². The summed E-state index contributed by atoms with van der Waals surface area (Å²) in [5.74, 6) is -0.655. The average molecular weight is 263 g/mol. The fourth-order valence-electron chi connectivity index (χ4n) is 1.87. The molecule has 1 aromatic rings. The van der Waals surface area contributed by atoms with E-state index in [1.165, 1.54) is 24.3 Å². The highest BCUT2D eigenvalue weighted by Crippen LogP contribution is 2.24. The number of nitro benzene ring substituents is 1. The van der Waals surface area contributed by atoms with Crippen molar-refractivity contribution in [1.82, 2.24) is 5.32 Å². The number of nitro groups is 1. The van der Waals surface area contributed by atoms with E-state index in [9.17, 15) is 19.7 Å². The molecule has 3 amide bonds. The van der Waals surface area contributed by atoms with Crippen molar-refractivity contribution in [3.63, 3.8) is 0 Å². The third kappa shape index (κ3) is 2.26. The Morgan fingerprint density at radius 3 is 2.32 bits per heavy atom. The molecule has 1 N–H and O–H groups in total. The minimum atomic E-state index is -0.535. The van der Waals surface area contributed by atoms with Gasteiger partial charge in [-0.2, -0.15) is 0 Å². The summed E-state index contributed by atoms with van der Waals surface area (Å²) in [7, 11) is 0. The largest absolute Gasteiger partial charge is 0.334 e. The summed E-state index contributed by atoms with van der Waals surface area (Å²) >= 11 is 0. The van der Waals surface area contributed by atoms with Crippen molar-refractivity contribution in [2.75, 3.05) is 4.90 Å². The zero-order valence-corrected chi connectivity index (χ0v) is 10.5. The fraction of sp³-hybridized carbons (Fsp3) is 0.333. The molecule has 0 bridgehead atoms. The van der Waals surface area contributed by atoms with Crippen LogP contribution in [0.4, 0.5) is 16.2 Å². The average Bonchev–Trinajstić information content (AvgIpc) is 2.37. The van der Waals surface area contributed by atoms with Gasteiger partial charge in [0.25, 0.3) is 5.69 Å². The molecule has 1 aliphatic rings. The maximum Gasteiger partial charge on any atom is 0.328 e. The van der Waals surface area contributed by atoms with Gasteiger partial charge in [0.05, 0.1) is 16.5 Å². The number of amides is 3. The van der Waals surface area contributed by atoms with E-state index in [1.807, 2.05) is 0 Å². The number of imide groups is 1. The lowest BCUT2D eigenvalue weighted by Gasteiger charge is -2.33. The van der Waals surface area contributed by atoms with Gasteiger partial charge in [-0.1, -0.05) is 6.92 Å². The van der Waals surface area contributed by atoms with Crippen LogP contribution < -0.4 is 10.2 Å². The van der Waals surface area contributed by atoms with Crippen LogP contribution in [-0.4, -0.2) is 22.9 Å². The normalized spacial score (nSPS) is 23.2. The summed E-state index contributed by atoms with van der Waals surface area (Å²) in [6.45, 7) is 3.48. The Hall–Kier alpha value is -2.44. The molecule has 1 aliphatic heterocycles. The standard InChI is InChI=1S/C12H13N3O4/c1-7-8(2)13-12(17)14(11(7)16)9-3-5-10(6-4-9)15(18)19/h3-8H,1-2H3,(H,13,17). The molecule has 7 heteroatoms. The number of benzene rings is 1. The number of nitrogens with zero attached hydrogens (tertiary/aromatic N) is 2. The highest BCUT2D eigenvalue weighted by Gasteiger charge is 2.37. The number of nitrogens with one attached hydrogen (secondary N) is 1. The molecule has 2 unspecified atom stereocenters. The second kappa shape index (κ2) is 4.68. The van der Waals surface area contributed by atoms with Gasteiger partial charge in [-0.25, -0.2) is 9.69 Å². The van der Waals surface area contributed by atoms with E-state index in [4.69, 9.17) is 0 Å². The summed E-state index contributed by atoms with van der Waals surface area (Å²) in [5, 5.41) is 13.2. The third-order valence-corrected chi connectivity index (χ3v) is 3.23. The lowest BCUT2D eigenvalue weighted by molar-refractivity contribution is -0.384. The topological polar surface area (TPSA) is 92.6 Å². The first-order valence-electron chi connectivity index (χ1n) is 5.80. The molecule has 0 saturated carbocycles. The molecule has 1 fully saturated rings. The number of carbonyl (C=O) groups excluding carboxylic acids is 2. The van der Waals surface area contributed by atoms with E-state index >= 15 is 0 Å². The summed E-state index contributed by atoms with van der Waals surface area (Å²) in [6, 6.07) is 4.56. The van der Waals surface area contributed by atoms with Crippen LogP contribution in [0.2, 0.25) is 0 Å². The molecule has 19 heavy (non-hydrogen) atoms. The molecule has 7 nitrogen and oxygen atoms in total. The van der Waals surface area contributed by atoms with Crippen molar-refractivity contribution in [2.45, 2.75) is 19.9 Å². The molecule has 0 radical (unpaired) electrons. The summed E-state index contributed by atoms with van der Waals surface area (Å²) in [6.07, 6.45) is 0. The van der Waals surface area contributed by atoms with Crippen molar-refractivity contribution in [1.29, 1.82) is 0 Å². The molecule has 0 aliphatic carbocycles. The van der Waals surface area contributed by atoms with Gasteiger partial charge in [-0.15, -0.1) is 0 Å². The van der Waals surface area contributed by atoms with Gasteiger partial charge in [-0.05, 0) is 19.1 Å². The van der Waals surface area contributed by atoms with Crippen LogP contribution in [0, 0.1) is 16.0 Å². The smallest absolute Gasteiger partial charge is 0.328 e. The van der Waals surface area contributed by atoms with E-state index in [-0.39, 0.29) is 23.6 Å². The van der Waals surface area contributed by atoms with Crippen LogP contribution in [-0.2, 0) is 4.79 Å². The van der Waals surface area contributed by atoms with Gasteiger partial charge < -0.3 is 5.32 Å². The fourth-order valence-corrected chi connectivity index (χ4v) is 1.87. The zero-order valence-electron chi connectivity index (χ0n) is 10.5. The quantitative estimate of drug-likeness (QED) is 0.648. The van der Waals surface area contributed by atoms with Crippen LogP contribution in [0.5, 0.6) is 0 Å². The van der Waals surface area contributed by atoms with Gasteiger partial charge in [-0.3, -0.25) is 14.9 Å². The first kappa shape index (κ1) is 13.0. The van der Waals surface area contributed by atoms with Crippen molar-refractivity contribution in [3.8, 4) is 0 Å². The predicted molar refractivity (Wildman–Crippen MR) is 67.7 cm³/mol. The van der Waals surface area contributed by atoms with E-state index < -0.39 is 11.0 Å².